The summed E-state index contributed by atoms with van der Waals surface area (Å²) in [4.78, 5) is 2.53. The maximum atomic E-state index is 9.28. The number of hydrogen-bond acceptors (Lipinski definition) is 4. The zero-order chi connectivity index (χ0) is 14.1. The molecule has 0 amide bonds. The van der Waals surface area contributed by atoms with E-state index in [1.165, 1.54) is 19.4 Å². The van der Waals surface area contributed by atoms with Gasteiger partial charge in [0.25, 0.3) is 0 Å². The molecule has 110 valence electrons. The van der Waals surface area contributed by atoms with Crippen LogP contribution in [0.5, 0.6) is 0 Å². The molecule has 4 nitrogen and oxygen atoms in total. The van der Waals surface area contributed by atoms with Crippen LogP contribution in [0.3, 0.4) is 0 Å². The number of nitriles is 1. The Hall–Kier alpha value is -0.630. The van der Waals surface area contributed by atoms with Gasteiger partial charge in [-0.25, -0.2) is 0 Å². The van der Waals surface area contributed by atoms with Gasteiger partial charge in [0.1, 0.15) is 5.54 Å². The Morgan fingerprint density at radius 3 is 2.89 bits per heavy atom. The van der Waals surface area contributed by atoms with Crippen molar-refractivity contribution in [2.24, 2.45) is 5.92 Å². The third kappa shape index (κ3) is 5.10. The Bertz CT molecular complexity index is 282. The molecule has 1 fully saturated rings. The summed E-state index contributed by atoms with van der Waals surface area (Å²) in [5, 5.41) is 12.5. The summed E-state index contributed by atoms with van der Waals surface area (Å²) in [6.07, 6.45) is 5.45. The van der Waals surface area contributed by atoms with E-state index in [9.17, 15) is 5.26 Å². The second-order valence-corrected chi connectivity index (χ2v) is 5.67. The number of ether oxygens (including phenoxy) is 1. The van der Waals surface area contributed by atoms with E-state index in [-0.39, 0.29) is 5.54 Å². The van der Waals surface area contributed by atoms with E-state index in [1.807, 2.05) is 7.05 Å². The molecule has 2 atom stereocenters. The van der Waals surface area contributed by atoms with Crippen LogP contribution in [0.1, 0.15) is 39.0 Å². The van der Waals surface area contributed by atoms with Crippen molar-refractivity contribution in [2.45, 2.75) is 44.6 Å². The van der Waals surface area contributed by atoms with Gasteiger partial charge in [0.15, 0.2) is 0 Å². The van der Waals surface area contributed by atoms with Gasteiger partial charge in [-0.1, -0.05) is 6.92 Å². The Kier molecular flexibility index (Phi) is 7.37. The molecule has 0 aliphatic carbocycles. The first kappa shape index (κ1) is 16.4. The number of methoxy groups -OCH3 is 1. The van der Waals surface area contributed by atoms with Crippen LogP contribution in [0, 0.1) is 17.2 Å². The smallest absolute Gasteiger partial charge is 0.106 e. The summed E-state index contributed by atoms with van der Waals surface area (Å²) in [5.41, 5.74) is -0.332. The summed E-state index contributed by atoms with van der Waals surface area (Å²) in [6, 6.07) is 2.43. The molecule has 2 unspecified atom stereocenters. The van der Waals surface area contributed by atoms with Crippen molar-refractivity contribution in [1.82, 2.24) is 10.2 Å². The quantitative estimate of drug-likeness (QED) is 0.731. The Morgan fingerprint density at radius 2 is 2.32 bits per heavy atom. The molecule has 0 aromatic carbocycles. The maximum Gasteiger partial charge on any atom is 0.106 e. The SMILES string of the molecule is CCC(C#N)(CCCN1CCCC(COC)C1)NC. The molecule has 1 aliphatic rings. The van der Waals surface area contributed by atoms with Crippen molar-refractivity contribution in [1.29, 1.82) is 5.26 Å². The van der Waals surface area contributed by atoms with Gasteiger partial charge in [0.2, 0.25) is 0 Å². The Labute approximate surface area is 118 Å². The van der Waals surface area contributed by atoms with E-state index in [0.29, 0.717) is 5.92 Å². The molecule has 1 aliphatic heterocycles. The van der Waals surface area contributed by atoms with E-state index in [4.69, 9.17) is 4.74 Å². The minimum absolute atomic E-state index is 0.332. The van der Waals surface area contributed by atoms with Crippen LogP contribution < -0.4 is 5.32 Å². The predicted molar refractivity (Wildman–Crippen MR) is 78.0 cm³/mol. The molecular formula is C15H29N3O. The van der Waals surface area contributed by atoms with E-state index < -0.39 is 0 Å². The highest BCUT2D eigenvalue weighted by Crippen LogP contribution is 2.20. The summed E-state index contributed by atoms with van der Waals surface area (Å²) in [5.74, 6) is 0.690. The number of piperidine rings is 1. The predicted octanol–water partition coefficient (Wildman–Crippen LogP) is 2.02. The van der Waals surface area contributed by atoms with Gasteiger partial charge in [-0.2, -0.15) is 5.26 Å². The third-order valence-corrected chi connectivity index (χ3v) is 4.38. The van der Waals surface area contributed by atoms with Crippen LogP contribution >= 0.6 is 0 Å². The standard InChI is InChI=1S/C15H29N3O/c1-4-15(13-16,17-2)8-6-10-18-9-5-7-14(11-18)12-19-3/h14,17H,4-12H2,1-3H3. The Balaban J connectivity index is 2.30. The van der Waals surface area contributed by atoms with Crippen LogP contribution in [-0.4, -0.2) is 50.8 Å². The van der Waals surface area contributed by atoms with Crippen molar-refractivity contribution in [3.63, 3.8) is 0 Å². The summed E-state index contributed by atoms with van der Waals surface area (Å²) < 4.78 is 5.26. The lowest BCUT2D eigenvalue weighted by atomic mass is 9.91. The van der Waals surface area contributed by atoms with E-state index in [2.05, 4.69) is 23.2 Å². The first-order chi connectivity index (χ1) is 9.19. The van der Waals surface area contributed by atoms with Gasteiger partial charge < -0.3 is 15.0 Å². The van der Waals surface area contributed by atoms with E-state index >= 15 is 0 Å². The molecular weight excluding hydrogens is 238 g/mol. The highest BCUT2D eigenvalue weighted by Gasteiger charge is 2.26. The van der Waals surface area contributed by atoms with Crippen LogP contribution in [0.2, 0.25) is 0 Å². The average Bonchev–Trinajstić information content (AvgIpc) is 2.45. The lowest BCUT2D eigenvalue weighted by Crippen LogP contribution is -2.42. The van der Waals surface area contributed by atoms with Gasteiger partial charge in [-0.15, -0.1) is 0 Å². The van der Waals surface area contributed by atoms with Gasteiger partial charge in [0.05, 0.1) is 12.7 Å². The summed E-state index contributed by atoms with van der Waals surface area (Å²) >= 11 is 0. The third-order valence-electron chi connectivity index (χ3n) is 4.38. The first-order valence-corrected chi connectivity index (χ1v) is 7.51. The molecule has 0 aromatic heterocycles. The topological polar surface area (TPSA) is 48.3 Å². The fourth-order valence-electron chi connectivity index (χ4n) is 3.00. The average molecular weight is 267 g/mol. The van der Waals surface area contributed by atoms with E-state index in [0.717, 1.165) is 39.0 Å². The van der Waals surface area contributed by atoms with Gasteiger partial charge in [-0.3, -0.25) is 0 Å². The van der Waals surface area contributed by atoms with Crippen molar-refractivity contribution in [2.75, 3.05) is 40.4 Å². The van der Waals surface area contributed by atoms with Crippen molar-refractivity contribution < 1.29 is 4.74 Å². The van der Waals surface area contributed by atoms with Crippen LogP contribution in [0.25, 0.3) is 0 Å². The second-order valence-electron chi connectivity index (χ2n) is 5.67. The molecule has 1 rings (SSSR count). The van der Waals surface area contributed by atoms with Crippen LogP contribution in [0.4, 0.5) is 0 Å². The molecule has 1 heterocycles. The molecule has 4 heteroatoms. The summed E-state index contributed by atoms with van der Waals surface area (Å²) in [6.45, 7) is 6.41. The second kappa shape index (κ2) is 8.52. The molecule has 0 saturated carbocycles. The molecule has 1 saturated heterocycles. The van der Waals surface area contributed by atoms with Gasteiger partial charge in [0, 0.05) is 13.7 Å². The lowest BCUT2D eigenvalue weighted by molar-refractivity contribution is 0.0890. The molecule has 0 bridgehead atoms. The fraction of sp³-hybridized carbons (Fsp3) is 0.933. The Morgan fingerprint density at radius 1 is 1.53 bits per heavy atom. The molecule has 19 heavy (non-hydrogen) atoms. The van der Waals surface area contributed by atoms with E-state index in [1.54, 1.807) is 7.11 Å². The van der Waals surface area contributed by atoms with Crippen molar-refractivity contribution in [3.8, 4) is 6.07 Å². The molecule has 0 radical (unpaired) electrons. The maximum absolute atomic E-state index is 9.28. The summed E-state index contributed by atoms with van der Waals surface area (Å²) in [7, 11) is 3.68. The number of rotatable bonds is 8. The zero-order valence-electron chi connectivity index (χ0n) is 12.7. The lowest BCUT2D eigenvalue weighted by Gasteiger charge is -2.33. The minimum atomic E-state index is -0.332. The highest BCUT2D eigenvalue weighted by molar-refractivity contribution is 5.05. The van der Waals surface area contributed by atoms with Crippen molar-refractivity contribution in [3.05, 3.63) is 0 Å². The van der Waals surface area contributed by atoms with Crippen molar-refractivity contribution >= 4 is 0 Å². The highest BCUT2D eigenvalue weighted by atomic mass is 16.5. The number of likely N-dealkylation sites (tertiary alicyclic amines) is 1. The van der Waals surface area contributed by atoms with Crippen LogP contribution in [0.15, 0.2) is 0 Å². The first-order valence-electron chi connectivity index (χ1n) is 7.51. The van der Waals surface area contributed by atoms with Gasteiger partial charge >= 0.3 is 0 Å². The van der Waals surface area contributed by atoms with Crippen LogP contribution in [-0.2, 0) is 4.74 Å². The largest absolute Gasteiger partial charge is 0.384 e. The minimum Gasteiger partial charge on any atom is -0.384 e. The number of nitrogens with one attached hydrogen (secondary N) is 1. The zero-order valence-corrected chi connectivity index (χ0v) is 12.7. The van der Waals surface area contributed by atoms with Gasteiger partial charge in [-0.05, 0) is 58.2 Å². The number of hydrogen-bond donors (Lipinski definition) is 1. The molecule has 1 N–H and O–H groups in total. The normalized spacial score (nSPS) is 23.8. The number of nitrogens with zero attached hydrogens (tertiary/aromatic N) is 2. The monoisotopic (exact) mass is 267 g/mol. The molecule has 0 spiro atoms. The molecule has 0 aromatic rings. The fourth-order valence-corrected chi connectivity index (χ4v) is 3.00.